The number of rotatable bonds is 8. The average Bonchev–Trinajstić information content (AvgIpc) is 2.54. The lowest BCUT2D eigenvalue weighted by molar-refractivity contribution is 0.367. The summed E-state index contributed by atoms with van der Waals surface area (Å²) in [6, 6.07) is 20.2. The molecule has 0 aliphatic heterocycles. The highest BCUT2D eigenvalue weighted by molar-refractivity contribution is 7.99. The van der Waals surface area contributed by atoms with Crippen molar-refractivity contribution >= 4 is 11.8 Å². The van der Waals surface area contributed by atoms with E-state index in [-0.39, 0.29) is 6.61 Å². The van der Waals surface area contributed by atoms with E-state index in [0.717, 1.165) is 30.2 Å². The number of benzene rings is 2. The molecule has 0 saturated carbocycles. The standard InChI is InChI=1S/C17H18N2OS/c18-9-11-20-16-6-4-5-15(13-16)14-19-10-12-21-17-7-2-1-3-8-17/h1-8,13,19H,10-12,14H2. The van der Waals surface area contributed by atoms with E-state index < -0.39 is 0 Å². The Balaban J connectivity index is 1.67. The van der Waals surface area contributed by atoms with Gasteiger partial charge in [-0.25, -0.2) is 0 Å². The number of ether oxygens (including phenoxy) is 1. The van der Waals surface area contributed by atoms with Crippen LogP contribution < -0.4 is 10.1 Å². The Morgan fingerprint density at radius 2 is 1.95 bits per heavy atom. The zero-order valence-corrected chi connectivity index (χ0v) is 12.6. The molecule has 0 heterocycles. The van der Waals surface area contributed by atoms with Gasteiger partial charge in [0.05, 0.1) is 0 Å². The predicted molar refractivity (Wildman–Crippen MR) is 86.4 cm³/mol. The van der Waals surface area contributed by atoms with Crippen molar-refractivity contribution in [2.45, 2.75) is 11.4 Å². The maximum Gasteiger partial charge on any atom is 0.174 e. The number of nitriles is 1. The molecule has 108 valence electrons. The Morgan fingerprint density at radius 1 is 1.10 bits per heavy atom. The molecule has 2 aromatic rings. The molecule has 2 rings (SSSR count). The SMILES string of the molecule is N#CCOc1cccc(CNCCSc2ccccc2)c1. The molecule has 4 heteroatoms. The molecule has 21 heavy (non-hydrogen) atoms. The lowest BCUT2D eigenvalue weighted by atomic mass is 10.2. The van der Waals surface area contributed by atoms with Crippen LogP contribution in [0.15, 0.2) is 59.5 Å². The van der Waals surface area contributed by atoms with Gasteiger partial charge in [0, 0.05) is 23.7 Å². The van der Waals surface area contributed by atoms with Crippen molar-refractivity contribution in [3.05, 3.63) is 60.2 Å². The fourth-order valence-electron chi connectivity index (χ4n) is 1.85. The van der Waals surface area contributed by atoms with Crippen LogP contribution in [0.5, 0.6) is 5.75 Å². The molecule has 0 aliphatic rings. The molecule has 0 fully saturated rings. The number of hydrogen-bond donors (Lipinski definition) is 1. The van der Waals surface area contributed by atoms with Crippen LogP contribution in [-0.2, 0) is 6.54 Å². The molecule has 0 atom stereocenters. The Kier molecular flexibility index (Phi) is 6.66. The molecular formula is C17H18N2OS. The van der Waals surface area contributed by atoms with E-state index >= 15 is 0 Å². The van der Waals surface area contributed by atoms with Gasteiger partial charge in [-0.2, -0.15) is 5.26 Å². The number of nitrogens with one attached hydrogen (secondary N) is 1. The second kappa shape index (κ2) is 9.06. The van der Waals surface area contributed by atoms with Gasteiger partial charge in [0.2, 0.25) is 0 Å². The van der Waals surface area contributed by atoms with Crippen LogP contribution in [-0.4, -0.2) is 18.9 Å². The van der Waals surface area contributed by atoms with Crippen LogP contribution in [0.4, 0.5) is 0 Å². The van der Waals surface area contributed by atoms with Crippen LogP contribution >= 0.6 is 11.8 Å². The molecule has 0 unspecified atom stereocenters. The predicted octanol–water partition coefficient (Wildman–Crippen LogP) is 3.47. The molecule has 2 aromatic carbocycles. The smallest absolute Gasteiger partial charge is 0.174 e. The number of thioether (sulfide) groups is 1. The van der Waals surface area contributed by atoms with E-state index in [1.165, 1.54) is 4.90 Å². The largest absolute Gasteiger partial charge is 0.479 e. The van der Waals surface area contributed by atoms with Gasteiger partial charge in [0.1, 0.15) is 11.8 Å². The van der Waals surface area contributed by atoms with Crippen molar-refractivity contribution < 1.29 is 4.74 Å². The Hall–Kier alpha value is -1.96. The minimum absolute atomic E-state index is 0.0879. The van der Waals surface area contributed by atoms with Gasteiger partial charge in [0.25, 0.3) is 0 Å². The van der Waals surface area contributed by atoms with Gasteiger partial charge < -0.3 is 10.1 Å². The van der Waals surface area contributed by atoms with Crippen molar-refractivity contribution in [3.8, 4) is 11.8 Å². The summed E-state index contributed by atoms with van der Waals surface area (Å²) < 4.78 is 5.29. The van der Waals surface area contributed by atoms with E-state index in [4.69, 9.17) is 10.00 Å². The fourth-order valence-corrected chi connectivity index (χ4v) is 2.68. The van der Waals surface area contributed by atoms with Crippen LogP contribution in [0.1, 0.15) is 5.56 Å². The van der Waals surface area contributed by atoms with Gasteiger partial charge in [-0.05, 0) is 29.8 Å². The van der Waals surface area contributed by atoms with E-state index in [9.17, 15) is 0 Å². The summed E-state index contributed by atoms with van der Waals surface area (Å²) in [7, 11) is 0. The van der Waals surface area contributed by atoms with E-state index in [0.29, 0.717) is 0 Å². The second-order valence-electron chi connectivity index (χ2n) is 4.43. The molecule has 0 spiro atoms. The molecule has 0 aliphatic carbocycles. The monoisotopic (exact) mass is 298 g/mol. The third kappa shape index (κ3) is 5.90. The number of nitrogens with zero attached hydrogens (tertiary/aromatic N) is 1. The third-order valence-corrected chi connectivity index (χ3v) is 3.84. The Bertz CT molecular complexity index is 581. The topological polar surface area (TPSA) is 45.0 Å². The van der Waals surface area contributed by atoms with Crippen LogP contribution in [0, 0.1) is 11.3 Å². The van der Waals surface area contributed by atoms with Gasteiger partial charge in [-0.1, -0.05) is 30.3 Å². The molecule has 0 aromatic heterocycles. The maximum absolute atomic E-state index is 8.50. The highest BCUT2D eigenvalue weighted by atomic mass is 32.2. The van der Waals surface area contributed by atoms with Crippen molar-refractivity contribution in [1.29, 1.82) is 5.26 Å². The van der Waals surface area contributed by atoms with E-state index in [2.05, 4.69) is 35.6 Å². The molecule has 0 saturated heterocycles. The fraction of sp³-hybridized carbons (Fsp3) is 0.235. The summed E-state index contributed by atoms with van der Waals surface area (Å²) in [6.07, 6.45) is 0. The highest BCUT2D eigenvalue weighted by Gasteiger charge is 1.97. The minimum Gasteiger partial charge on any atom is -0.479 e. The van der Waals surface area contributed by atoms with Gasteiger partial charge in [0.15, 0.2) is 6.61 Å². The first-order valence-corrected chi connectivity index (χ1v) is 7.84. The van der Waals surface area contributed by atoms with Crippen molar-refractivity contribution in [2.75, 3.05) is 18.9 Å². The lowest BCUT2D eigenvalue weighted by Gasteiger charge is -2.07. The first-order chi connectivity index (χ1) is 10.4. The summed E-state index contributed by atoms with van der Waals surface area (Å²) >= 11 is 1.85. The van der Waals surface area contributed by atoms with Crippen molar-refractivity contribution in [3.63, 3.8) is 0 Å². The zero-order chi connectivity index (χ0) is 14.8. The summed E-state index contributed by atoms with van der Waals surface area (Å²) in [5, 5.41) is 11.9. The summed E-state index contributed by atoms with van der Waals surface area (Å²) in [6.45, 7) is 1.84. The van der Waals surface area contributed by atoms with E-state index in [1.54, 1.807) is 0 Å². The maximum atomic E-state index is 8.50. The summed E-state index contributed by atoms with van der Waals surface area (Å²) in [5.74, 6) is 1.78. The Labute approximate surface area is 129 Å². The lowest BCUT2D eigenvalue weighted by Crippen LogP contribution is -2.16. The average molecular weight is 298 g/mol. The highest BCUT2D eigenvalue weighted by Crippen LogP contribution is 2.16. The van der Waals surface area contributed by atoms with E-state index in [1.807, 2.05) is 42.1 Å². The first kappa shape index (κ1) is 15.4. The van der Waals surface area contributed by atoms with Gasteiger partial charge in [-0.3, -0.25) is 0 Å². The second-order valence-corrected chi connectivity index (χ2v) is 5.60. The first-order valence-electron chi connectivity index (χ1n) is 6.86. The third-order valence-electron chi connectivity index (χ3n) is 2.82. The summed E-state index contributed by atoms with van der Waals surface area (Å²) in [4.78, 5) is 1.30. The molecular weight excluding hydrogens is 280 g/mol. The quantitative estimate of drug-likeness (QED) is 0.599. The minimum atomic E-state index is 0.0879. The molecule has 0 amide bonds. The normalized spacial score (nSPS) is 10.0. The molecule has 0 radical (unpaired) electrons. The molecule has 3 nitrogen and oxygen atoms in total. The van der Waals surface area contributed by atoms with Crippen molar-refractivity contribution in [1.82, 2.24) is 5.32 Å². The Morgan fingerprint density at radius 3 is 2.76 bits per heavy atom. The summed E-state index contributed by atoms with van der Waals surface area (Å²) in [5.41, 5.74) is 1.16. The van der Waals surface area contributed by atoms with Crippen molar-refractivity contribution in [2.24, 2.45) is 0 Å². The van der Waals surface area contributed by atoms with Crippen LogP contribution in [0.25, 0.3) is 0 Å². The van der Waals surface area contributed by atoms with Gasteiger partial charge >= 0.3 is 0 Å². The molecule has 1 N–H and O–H groups in total. The number of hydrogen-bond acceptors (Lipinski definition) is 4. The van der Waals surface area contributed by atoms with Gasteiger partial charge in [-0.15, -0.1) is 11.8 Å². The van der Waals surface area contributed by atoms with Crippen LogP contribution in [0.2, 0.25) is 0 Å². The zero-order valence-electron chi connectivity index (χ0n) is 11.8. The van der Waals surface area contributed by atoms with Crippen LogP contribution in [0.3, 0.4) is 0 Å². The molecule has 0 bridgehead atoms.